The van der Waals surface area contributed by atoms with Crippen molar-refractivity contribution in [2.75, 3.05) is 7.11 Å². The minimum Gasteiger partial charge on any atom is -0.481 e. The second-order valence-electron chi connectivity index (χ2n) is 6.31. The summed E-state index contributed by atoms with van der Waals surface area (Å²) in [5, 5.41) is 0. The quantitative estimate of drug-likeness (QED) is 0.806. The van der Waals surface area contributed by atoms with Crippen LogP contribution < -0.4 is 10.2 Å². The van der Waals surface area contributed by atoms with Crippen LogP contribution in [0.4, 0.5) is 0 Å². The van der Waals surface area contributed by atoms with Crippen molar-refractivity contribution in [3.05, 3.63) is 30.7 Å². The predicted octanol–water partition coefficient (Wildman–Crippen LogP) is 1.58. The summed E-state index contributed by atoms with van der Waals surface area (Å²) in [6, 6.07) is 3.83. The van der Waals surface area contributed by atoms with E-state index in [1.165, 1.54) is 0 Å². The standard InChI is InChI=1S/C15H20BN3O3/c1-14(2)15(3,4)22-16(21-14)11-10-17-13(18-12(11)20-5)19-8-6-7-9-19/h6-10H,1-5H3. The maximum Gasteiger partial charge on any atom is 0.502 e. The maximum atomic E-state index is 6.03. The average Bonchev–Trinajstić information content (AvgIpc) is 3.05. The fourth-order valence-electron chi connectivity index (χ4n) is 2.25. The molecule has 116 valence electrons. The van der Waals surface area contributed by atoms with E-state index in [0.717, 1.165) is 0 Å². The van der Waals surface area contributed by atoms with Crippen molar-refractivity contribution in [3.8, 4) is 11.8 Å². The highest BCUT2D eigenvalue weighted by Crippen LogP contribution is 2.36. The predicted molar refractivity (Wildman–Crippen MR) is 83.6 cm³/mol. The van der Waals surface area contributed by atoms with Gasteiger partial charge in [0, 0.05) is 18.6 Å². The van der Waals surface area contributed by atoms with Gasteiger partial charge in [-0.2, -0.15) is 4.98 Å². The molecule has 1 fully saturated rings. The van der Waals surface area contributed by atoms with Crippen LogP contribution in [0.25, 0.3) is 5.95 Å². The van der Waals surface area contributed by atoms with Crippen LogP contribution in [-0.4, -0.2) is 40.0 Å². The molecule has 0 spiro atoms. The molecule has 0 amide bonds. The van der Waals surface area contributed by atoms with Gasteiger partial charge < -0.3 is 14.0 Å². The average molecular weight is 301 g/mol. The van der Waals surface area contributed by atoms with Crippen molar-refractivity contribution in [2.45, 2.75) is 38.9 Å². The summed E-state index contributed by atoms with van der Waals surface area (Å²) >= 11 is 0. The molecule has 22 heavy (non-hydrogen) atoms. The number of hydrogen-bond donors (Lipinski definition) is 0. The van der Waals surface area contributed by atoms with Gasteiger partial charge in [-0.3, -0.25) is 4.57 Å². The number of nitrogens with zero attached hydrogens (tertiary/aromatic N) is 3. The maximum absolute atomic E-state index is 6.03. The summed E-state index contributed by atoms with van der Waals surface area (Å²) in [6.07, 6.45) is 5.45. The molecule has 0 aliphatic carbocycles. The Morgan fingerprint density at radius 1 is 1.09 bits per heavy atom. The fourth-order valence-corrected chi connectivity index (χ4v) is 2.25. The Bertz CT molecular complexity index is 655. The third-order valence-corrected chi connectivity index (χ3v) is 4.30. The lowest BCUT2D eigenvalue weighted by Crippen LogP contribution is -2.41. The van der Waals surface area contributed by atoms with E-state index in [9.17, 15) is 0 Å². The topological polar surface area (TPSA) is 58.4 Å². The Kier molecular flexibility index (Phi) is 3.49. The number of methoxy groups -OCH3 is 1. The van der Waals surface area contributed by atoms with Crippen molar-refractivity contribution in [1.29, 1.82) is 0 Å². The van der Waals surface area contributed by atoms with Crippen LogP contribution in [0.5, 0.6) is 5.88 Å². The second-order valence-corrected chi connectivity index (χ2v) is 6.31. The van der Waals surface area contributed by atoms with Gasteiger partial charge in [0.05, 0.1) is 23.8 Å². The molecule has 0 saturated carbocycles. The fraction of sp³-hybridized carbons (Fsp3) is 0.467. The van der Waals surface area contributed by atoms with E-state index in [-0.39, 0.29) is 0 Å². The molecule has 0 unspecified atom stereocenters. The Hall–Kier alpha value is -1.86. The summed E-state index contributed by atoms with van der Waals surface area (Å²) in [5.41, 5.74) is -0.138. The van der Waals surface area contributed by atoms with E-state index in [4.69, 9.17) is 14.0 Å². The van der Waals surface area contributed by atoms with Gasteiger partial charge in [-0.1, -0.05) is 0 Å². The monoisotopic (exact) mass is 301 g/mol. The summed E-state index contributed by atoms with van der Waals surface area (Å²) in [4.78, 5) is 8.83. The first kappa shape index (κ1) is 15.1. The number of rotatable bonds is 3. The molecule has 0 bridgehead atoms. The molecule has 6 nitrogen and oxygen atoms in total. The van der Waals surface area contributed by atoms with Crippen LogP contribution in [0.15, 0.2) is 30.7 Å². The van der Waals surface area contributed by atoms with Gasteiger partial charge in [0.1, 0.15) is 0 Å². The van der Waals surface area contributed by atoms with Gasteiger partial charge >= 0.3 is 7.12 Å². The van der Waals surface area contributed by atoms with Crippen molar-refractivity contribution in [2.24, 2.45) is 0 Å². The van der Waals surface area contributed by atoms with Gasteiger partial charge in [0.2, 0.25) is 11.8 Å². The highest BCUT2D eigenvalue weighted by molar-refractivity contribution is 6.63. The van der Waals surface area contributed by atoms with Crippen LogP contribution in [0.1, 0.15) is 27.7 Å². The van der Waals surface area contributed by atoms with Crippen LogP contribution in [-0.2, 0) is 9.31 Å². The molecule has 0 atom stereocenters. The van der Waals surface area contributed by atoms with Crippen molar-refractivity contribution < 1.29 is 14.0 Å². The van der Waals surface area contributed by atoms with Crippen molar-refractivity contribution in [3.63, 3.8) is 0 Å². The normalized spacial score (nSPS) is 19.4. The number of hydrogen-bond acceptors (Lipinski definition) is 5. The highest BCUT2D eigenvalue weighted by atomic mass is 16.7. The summed E-state index contributed by atoms with van der Waals surface area (Å²) in [7, 11) is 1.04. The SMILES string of the molecule is COc1nc(-n2cccc2)ncc1B1OC(C)(C)C(C)(C)O1. The summed E-state index contributed by atoms with van der Waals surface area (Å²) in [5.74, 6) is 0.999. The minimum absolute atomic E-state index is 0.415. The zero-order valence-electron chi connectivity index (χ0n) is 13.5. The first-order valence-corrected chi connectivity index (χ1v) is 7.24. The van der Waals surface area contributed by atoms with Crippen molar-refractivity contribution >= 4 is 12.6 Å². The molecule has 1 aliphatic heterocycles. The largest absolute Gasteiger partial charge is 0.502 e. The van der Waals surface area contributed by atoms with Crippen LogP contribution in [0.3, 0.4) is 0 Å². The van der Waals surface area contributed by atoms with Crippen LogP contribution in [0, 0.1) is 0 Å². The Balaban J connectivity index is 1.95. The van der Waals surface area contributed by atoms with E-state index in [0.29, 0.717) is 17.3 Å². The van der Waals surface area contributed by atoms with Gasteiger partial charge in [-0.25, -0.2) is 4.98 Å². The van der Waals surface area contributed by atoms with Crippen LogP contribution >= 0.6 is 0 Å². The lowest BCUT2D eigenvalue weighted by atomic mass is 9.81. The molecule has 2 aromatic heterocycles. The summed E-state index contributed by atoms with van der Waals surface area (Å²) in [6.45, 7) is 8.03. The van der Waals surface area contributed by atoms with E-state index in [2.05, 4.69) is 9.97 Å². The van der Waals surface area contributed by atoms with E-state index in [1.54, 1.807) is 13.3 Å². The lowest BCUT2D eigenvalue weighted by molar-refractivity contribution is 0.00578. The number of aromatic nitrogens is 3. The third-order valence-electron chi connectivity index (χ3n) is 4.30. The van der Waals surface area contributed by atoms with E-state index >= 15 is 0 Å². The molecule has 1 aliphatic rings. The molecule has 2 aromatic rings. The highest BCUT2D eigenvalue weighted by Gasteiger charge is 2.52. The van der Waals surface area contributed by atoms with Gasteiger partial charge in [-0.15, -0.1) is 0 Å². The minimum atomic E-state index is -0.543. The van der Waals surface area contributed by atoms with Gasteiger partial charge in [0.15, 0.2) is 0 Å². The zero-order valence-corrected chi connectivity index (χ0v) is 13.5. The molecular formula is C15H20BN3O3. The van der Waals surface area contributed by atoms with Gasteiger partial charge in [-0.05, 0) is 39.8 Å². The molecule has 1 saturated heterocycles. The Morgan fingerprint density at radius 3 is 2.23 bits per heavy atom. The molecule has 7 heteroatoms. The molecule has 3 heterocycles. The van der Waals surface area contributed by atoms with Gasteiger partial charge in [0.25, 0.3) is 0 Å². The third kappa shape index (κ3) is 2.40. The first-order chi connectivity index (χ1) is 10.3. The van der Waals surface area contributed by atoms with E-state index in [1.807, 2.05) is 56.8 Å². The number of ether oxygens (including phenoxy) is 1. The second kappa shape index (κ2) is 5.10. The lowest BCUT2D eigenvalue weighted by Gasteiger charge is -2.32. The van der Waals surface area contributed by atoms with E-state index < -0.39 is 18.3 Å². The molecule has 0 N–H and O–H groups in total. The molecule has 3 rings (SSSR count). The Labute approximate surface area is 130 Å². The van der Waals surface area contributed by atoms with Crippen LogP contribution in [0.2, 0.25) is 0 Å². The molecule has 0 radical (unpaired) electrons. The van der Waals surface area contributed by atoms with Crippen molar-refractivity contribution in [1.82, 2.24) is 14.5 Å². The first-order valence-electron chi connectivity index (χ1n) is 7.24. The Morgan fingerprint density at radius 2 is 1.68 bits per heavy atom. The molecular weight excluding hydrogens is 281 g/mol. The smallest absolute Gasteiger partial charge is 0.481 e. The summed E-state index contributed by atoms with van der Waals surface area (Å²) < 4.78 is 19.3. The zero-order chi connectivity index (χ0) is 16.0. The molecule has 0 aromatic carbocycles.